The van der Waals surface area contributed by atoms with Crippen LogP contribution in [0.5, 0.6) is 0 Å². The predicted molar refractivity (Wildman–Crippen MR) is 259 cm³/mol. The van der Waals surface area contributed by atoms with Crippen LogP contribution in [0.1, 0.15) is 52.7 Å². The van der Waals surface area contributed by atoms with Gasteiger partial charge in [0.15, 0.2) is 0 Å². The minimum Gasteiger partial charge on any atom is -0.0622 e. The first-order valence-corrected chi connectivity index (χ1v) is 21.5. The van der Waals surface area contributed by atoms with Crippen LogP contribution in [-0.2, 0) is 10.8 Å². The lowest BCUT2D eigenvalue weighted by atomic mass is 9.80. The zero-order valence-corrected chi connectivity index (χ0v) is 35.2. The molecule has 0 fully saturated rings. The van der Waals surface area contributed by atoms with Gasteiger partial charge in [0.1, 0.15) is 0 Å². The van der Waals surface area contributed by atoms with E-state index in [2.05, 4.69) is 211 Å². The van der Waals surface area contributed by atoms with E-state index in [1.807, 2.05) is 0 Å². The topological polar surface area (TPSA) is 0 Å². The molecule has 0 saturated carbocycles. The van der Waals surface area contributed by atoms with Crippen molar-refractivity contribution in [3.63, 3.8) is 0 Å². The Kier molecular flexibility index (Phi) is 7.27. The molecule has 60 heavy (non-hydrogen) atoms. The van der Waals surface area contributed by atoms with E-state index in [0.29, 0.717) is 0 Å². The fraction of sp³-hybridized carbons (Fsp3) is 0.133. The Hall–Kier alpha value is -6.76. The maximum atomic E-state index is 2.52. The monoisotopic (exact) mass is 766 g/mol. The van der Waals surface area contributed by atoms with Crippen molar-refractivity contribution in [1.29, 1.82) is 0 Å². The van der Waals surface area contributed by atoms with Crippen molar-refractivity contribution in [3.8, 4) is 77.9 Å². The molecular weight excluding hydrogens is 721 g/mol. The molecule has 10 aromatic carbocycles. The van der Waals surface area contributed by atoms with Gasteiger partial charge in [-0.2, -0.15) is 0 Å². The third-order valence-corrected chi connectivity index (χ3v) is 13.6. The molecule has 2 aliphatic carbocycles. The van der Waals surface area contributed by atoms with Gasteiger partial charge < -0.3 is 0 Å². The Balaban J connectivity index is 1.21. The van der Waals surface area contributed by atoms with Crippen LogP contribution in [0.25, 0.3) is 121 Å². The fourth-order valence-electron chi connectivity index (χ4n) is 10.6. The first-order valence-electron chi connectivity index (χ1n) is 21.5. The van der Waals surface area contributed by atoms with E-state index >= 15 is 0 Å². The van der Waals surface area contributed by atoms with E-state index in [9.17, 15) is 0 Å². The third kappa shape index (κ3) is 4.97. The van der Waals surface area contributed by atoms with Crippen LogP contribution < -0.4 is 0 Å². The average molecular weight is 767 g/mol. The van der Waals surface area contributed by atoms with Gasteiger partial charge in [-0.05, 0) is 173 Å². The molecule has 0 atom stereocenters. The molecule has 0 bridgehead atoms. The lowest BCUT2D eigenvalue weighted by molar-refractivity contribution is 0.590. The number of fused-ring (bicyclic) bond motifs is 9. The van der Waals surface area contributed by atoms with Crippen LogP contribution in [0.4, 0.5) is 0 Å². The lowest BCUT2D eigenvalue weighted by Crippen LogP contribution is -2.11. The van der Waals surface area contributed by atoms with Gasteiger partial charge in [0.25, 0.3) is 0 Å². The second kappa shape index (κ2) is 12.4. The smallest absolute Gasteiger partial charge is 0.000719 e. The molecule has 0 amide bonds. The molecule has 0 spiro atoms. The summed E-state index contributed by atoms with van der Waals surface area (Å²) < 4.78 is 0. The van der Waals surface area contributed by atoms with E-state index < -0.39 is 0 Å². The quantitative estimate of drug-likeness (QED) is 0.157. The summed E-state index contributed by atoms with van der Waals surface area (Å²) in [7, 11) is 0. The first-order chi connectivity index (χ1) is 29.0. The van der Waals surface area contributed by atoms with Crippen molar-refractivity contribution in [2.75, 3.05) is 0 Å². The second-order valence-electron chi connectivity index (χ2n) is 19.2. The van der Waals surface area contributed by atoms with E-state index in [4.69, 9.17) is 0 Å². The minimum atomic E-state index is -0.0126. The summed E-state index contributed by atoms with van der Waals surface area (Å²) in [5.74, 6) is 0. The van der Waals surface area contributed by atoms with Gasteiger partial charge in [0.05, 0.1) is 0 Å². The maximum absolute atomic E-state index is 2.52. The highest BCUT2D eigenvalue weighted by molar-refractivity contribution is 6.31. The van der Waals surface area contributed by atoms with Gasteiger partial charge in [0.2, 0.25) is 0 Å². The Labute approximate surface area is 352 Å². The highest BCUT2D eigenvalue weighted by Crippen LogP contribution is 2.59. The Morgan fingerprint density at radius 3 is 1.60 bits per heavy atom. The Morgan fingerprint density at radius 2 is 0.867 bits per heavy atom. The summed E-state index contributed by atoms with van der Waals surface area (Å²) in [6, 6.07) is 64.9. The molecule has 0 aromatic heterocycles. The van der Waals surface area contributed by atoms with Gasteiger partial charge in [-0.3, -0.25) is 0 Å². The van der Waals surface area contributed by atoms with Gasteiger partial charge in [-0.1, -0.05) is 181 Å². The van der Waals surface area contributed by atoms with Crippen molar-refractivity contribution in [2.45, 2.75) is 52.4 Å². The highest BCUT2D eigenvalue weighted by Gasteiger charge is 2.32. The summed E-state index contributed by atoms with van der Waals surface area (Å²) in [5, 5.41) is 10.5. The van der Waals surface area contributed by atoms with Crippen LogP contribution >= 0.6 is 0 Å². The van der Waals surface area contributed by atoms with Gasteiger partial charge in [0, 0.05) is 0 Å². The number of rotatable bonds is 3. The van der Waals surface area contributed by atoms with E-state index in [1.165, 1.54) is 132 Å². The molecule has 286 valence electrons. The van der Waals surface area contributed by atoms with Gasteiger partial charge >= 0.3 is 0 Å². The summed E-state index contributed by atoms with van der Waals surface area (Å²) in [5.41, 5.74) is 21.1. The van der Waals surface area contributed by atoms with Crippen molar-refractivity contribution in [1.82, 2.24) is 0 Å². The normalized spacial score (nSPS) is 12.8. The van der Waals surface area contributed by atoms with Crippen LogP contribution in [0.15, 0.2) is 170 Å². The lowest BCUT2D eigenvalue weighted by Gasteiger charge is -2.23. The van der Waals surface area contributed by atoms with Crippen LogP contribution in [0, 0.1) is 0 Å². The zero-order chi connectivity index (χ0) is 40.7. The summed E-state index contributed by atoms with van der Waals surface area (Å²) in [6.07, 6.45) is 0. The number of hydrogen-bond acceptors (Lipinski definition) is 0. The molecule has 0 unspecified atom stereocenters. The average Bonchev–Trinajstić information content (AvgIpc) is 3.76. The standard InChI is InChI=1S/C60H46/c1-59(2,3)39-25-27-43-48(32-39)45-29-28-42(50-33-40(60(4,5)6)34-51(43)56(45)50)38-24-26-46-49(30-38)54(36-18-11-8-12-19-36)58-52-31-37-20-13-14-21-41(37)44-22-15-23-47(55(44)52)57(58)53(46)35-16-9-7-10-17-35/h7-34H,1-6H3. The van der Waals surface area contributed by atoms with E-state index in [0.717, 1.165) is 0 Å². The molecule has 0 heterocycles. The van der Waals surface area contributed by atoms with Gasteiger partial charge in [-0.25, -0.2) is 0 Å². The predicted octanol–water partition coefficient (Wildman–Crippen LogP) is 17.2. The molecule has 0 nitrogen and oxygen atoms in total. The summed E-state index contributed by atoms with van der Waals surface area (Å²) in [6.45, 7) is 14.0. The minimum absolute atomic E-state index is 0.0126. The molecule has 0 aliphatic heterocycles. The SMILES string of the molecule is CC(C)(C)c1ccc2c(c1)-c1ccc(-c3ccc4c(-c5ccccc5)c5c(c(-c6ccccc6)c4c3)-c3cc4ccccc4c4cccc-5c34)c3cc(C(C)(C)C)cc-2c13. The molecule has 0 heteroatoms. The number of hydrogen-bond donors (Lipinski definition) is 0. The maximum Gasteiger partial charge on any atom is -0.000719 e. The van der Waals surface area contributed by atoms with Crippen LogP contribution in [-0.4, -0.2) is 0 Å². The largest absolute Gasteiger partial charge is 0.0622 e. The third-order valence-electron chi connectivity index (χ3n) is 13.6. The Morgan fingerprint density at radius 1 is 0.267 bits per heavy atom. The highest BCUT2D eigenvalue weighted by atomic mass is 14.4. The molecule has 12 rings (SSSR count). The van der Waals surface area contributed by atoms with Crippen LogP contribution in [0.3, 0.4) is 0 Å². The molecule has 0 radical (unpaired) electrons. The number of benzene rings is 10. The van der Waals surface area contributed by atoms with Crippen molar-refractivity contribution in [2.24, 2.45) is 0 Å². The van der Waals surface area contributed by atoms with E-state index in [-0.39, 0.29) is 10.8 Å². The second-order valence-corrected chi connectivity index (χ2v) is 19.2. The molecule has 0 N–H and O–H groups in total. The van der Waals surface area contributed by atoms with Crippen molar-refractivity contribution < 1.29 is 0 Å². The Bertz CT molecular complexity index is 3460. The first kappa shape index (κ1) is 35.2. The summed E-state index contributed by atoms with van der Waals surface area (Å²) in [4.78, 5) is 0. The summed E-state index contributed by atoms with van der Waals surface area (Å²) >= 11 is 0. The molecule has 10 aromatic rings. The molecule has 2 aliphatic rings. The molecular formula is C60H46. The molecule has 0 saturated heterocycles. The van der Waals surface area contributed by atoms with E-state index in [1.54, 1.807) is 0 Å². The van der Waals surface area contributed by atoms with Crippen LogP contribution in [0.2, 0.25) is 0 Å². The van der Waals surface area contributed by atoms with Crippen molar-refractivity contribution >= 4 is 43.1 Å². The zero-order valence-electron chi connectivity index (χ0n) is 35.2. The van der Waals surface area contributed by atoms with Crippen molar-refractivity contribution in [3.05, 3.63) is 181 Å². The van der Waals surface area contributed by atoms with Gasteiger partial charge in [-0.15, -0.1) is 0 Å². The fourth-order valence-corrected chi connectivity index (χ4v) is 10.6.